The van der Waals surface area contributed by atoms with Gasteiger partial charge in [-0.15, -0.1) is 0 Å². The van der Waals surface area contributed by atoms with E-state index in [0.717, 1.165) is 11.8 Å². The summed E-state index contributed by atoms with van der Waals surface area (Å²) in [6.45, 7) is 6.22. The van der Waals surface area contributed by atoms with E-state index in [1.165, 1.54) is 12.1 Å². The number of amides is 1. The summed E-state index contributed by atoms with van der Waals surface area (Å²) in [6, 6.07) is 5.79. The van der Waals surface area contributed by atoms with Crippen LogP contribution in [0.3, 0.4) is 0 Å². The maximum absolute atomic E-state index is 13.1. The summed E-state index contributed by atoms with van der Waals surface area (Å²) in [5, 5.41) is 2.90. The van der Waals surface area contributed by atoms with Crippen molar-refractivity contribution >= 4 is 15.9 Å². The van der Waals surface area contributed by atoms with Gasteiger partial charge in [-0.05, 0) is 29.5 Å². The van der Waals surface area contributed by atoms with Crippen LogP contribution in [-0.2, 0) is 14.8 Å². The van der Waals surface area contributed by atoms with E-state index >= 15 is 0 Å². The van der Waals surface area contributed by atoms with E-state index in [4.69, 9.17) is 0 Å². The molecule has 0 aliphatic rings. The van der Waals surface area contributed by atoms with Gasteiger partial charge in [-0.25, -0.2) is 17.5 Å². The zero-order chi connectivity index (χ0) is 17.7. The lowest BCUT2D eigenvalue weighted by atomic mass is 9.85. The van der Waals surface area contributed by atoms with Gasteiger partial charge in [0.2, 0.25) is 15.9 Å². The predicted molar refractivity (Wildman–Crippen MR) is 88.8 cm³/mol. The van der Waals surface area contributed by atoms with Crippen LogP contribution < -0.4 is 10.0 Å². The van der Waals surface area contributed by atoms with E-state index in [1.54, 1.807) is 12.1 Å². The van der Waals surface area contributed by atoms with Crippen LogP contribution in [0.25, 0.3) is 0 Å². The van der Waals surface area contributed by atoms with Crippen molar-refractivity contribution in [1.29, 1.82) is 0 Å². The fraction of sp³-hybridized carbons (Fsp3) is 0.562. The Labute approximate surface area is 137 Å². The fourth-order valence-corrected chi connectivity index (χ4v) is 2.65. The molecule has 1 aromatic rings. The SMILES string of the molecule is CC(C)(C)C[C@H](NC(=O)CCNS(C)(=O)=O)c1ccc(F)cc1. The van der Waals surface area contributed by atoms with Gasteiger partial charge in [-0.3, -0.25) is 4.79 Å². The molecule has 7 heteroatoms. The second kappa shape index (κ2) is 7.88. The molecule has 0 radical (unpaired) electrons. The summed E-state index contributed by atoms with van der Waals surface area (Å²) in [5.74, 6) is -0.577. The van der Waals surface area contributed by atoms with Crippen molar-refractivity contribution in [3.63, 3.8) is 0 Å². The van der Waals surface area contributed by atoms with Gasteiger partial charge in [0.15, 0.2) is 0 Å². The van der Waals surface area contributed by atoms with Crippen molar-refractivity contribution in [2.24, 2.45) is 5.41 Å². The van der Waals surface area contributed by atoms with Gasteiger partial charge in [0.1, 0.15) is 5.82 Å². The Balaban J connectivity index is 2.73. The number of rotatable bonds is 7. The number of halogens is 1. The molecule has 1 aromatic carbocycles. The highest BCUT2D eigenvalue weighted by molar-refractivity contribution is 7.88. The average molecular weight is 344 g/mol. The highest BCUT2D eigenvalue weighted by atomic mass is 32.2. The number of hydrogen-bond donors (Lipinski definition) is 2. The molecule has 130 valence electrons. The number of sulfonamides is 1. The minimum Gasteiger partial charge on any atom is -0.349 e. The van der Waals surface area contributed by atoms with Crippen molar-refractivity contribution < 1.29 is 17.6 Å². The summed E-state index contributed by atoms with van der Waals surface area (Å²) in [5.41, 5.74) is 0.794. The summed E-state index contributed by atoms with van der Waals surface area (Å²) in [6.07, 6.45) is 1.78. The molecule has 0 unspecified atom stereocenters. The second-order valence-corrected chi connectivity index (χ2v) is 8.69. The Kier molecular flexibility index (Phi) is 6.70. The number of nitrogens with one attached hydrogen (secondary N) is 2. The molecule has 2 N–H and O–H groups in total. The lowest BCUT2D eigenvalue weighted by Gasteiger charge is -2.27. The van der Waals surface area contributed by atoms with Gasteiger partial charge in [0.05, 0.1) is 12.3 Å². The Bertz CT molecular complexity index is 622. The highest BCUT2D eigenvalue weighted by Gasteiger charge is 2.22. The lowest BCUT2D eigenvalue weighted by Crippen LogP contribution is -2.34. The second-order valence-electron chi connectivity index (χ2n) is 6.85. The molecule has 1 amide bonds. The molecule has 0 aromatic heterocycles. The lowest BCUT2D eigenvalue weighted by molar-refractivity contribution is -0.121. The molecule has 0 saturated heterocycles. The first-order valence-electron chi connectivity index (χ1n) is 7.46. The quantitative estimate of drug-likeness (QED) is 0.797. The molecule has 0 fully saturated rings. The third-order valence-corrected chi connectivity index (χ3v) is 3.87. The largest absolute Gasteiger partial charge is 0.349 e. The van der Waals surface area contributed by atoms with Gasteiger partial charge >= 0.3 is 0 Å². The molecule has 23 heavy (non-hydrogen) atoms. The molecular formula is C16H25FN2O3S. The van der Waals surface area contributed by atoms with Crippen LogP contribution in [0.15, 0.2) is 24.3 Å². The average Bonchev–Trinajstić information content (AvgIpc) is 2.35. The topological polar surface area (TPSA) is 75.3 Å². The maximum Gasteiger partial charge on any atom is 0.221 e. The fourth-order valence-electron chi connectivity index (χ4n) is 2.18. The normalized spacial score (nSPS) is 13.6. The molecule has 0 bridgehead atoms. The molecule has 0 aliphatic heterocycles. The predicted octanol–water partition coefficient (Wildman–Crippen LogP) is 2.36. The van der Waals surface area contributed by atoms with Gasteiger partial charge in [-0.2, -0.15) is 0 Å². The number of carbonyl (C=O) groups excluding carboxylic acids is 1. The zero-order valence-electron chi connectivity index (χ0n) is 14.0. The number of benzene rings is 1. The van der Waals surface area contributed by atoms with Crippen molar-refractivity contribution in [2.45, 2.75) is 39.7 Å². The molecule has 0 aliphatic carbocycles. The Hall–Kier alpha value is -1.47. The van der Waals surface area contributed by atoms with Gasteiger partial charge in [0.25, 0.3) is 0 Å². The number of carbonyl (C=O) groups is 1. The molecular weight excluding hydrogens is 319 g/mol. The maximum atomic E-state index is 13.1. The van der Waals surface area contributed by atoms with Crippen LogP contribution in [0.2, 0.25) is 0 Å². The van der Waals surface area contributed by atoms with Crippen LogP contribution >= 0.6 is 0 Å². The van der Waals surface area contributed by atoms with E-state index in [9.17, 15) is 17.6 Å². The summed E-state index contributed by atoms with van der Waals surface area (Å²) < 4.78 is 37.4. The van der Waals surface area contributed by atoms with E-state index < -0.39 is 10.0 Å². The summed E-state index contributed by atoms with van der Waals surface area (Å²) >= 11 is 0. The molecule has 1 rings (SSSR count). The first kappa shape index (κ1) is 19.6. The molecule has 1 atom stereocenters. The Morgan fingerprint density at radius 2 is 1.78 bits per heavy atom. The van der Waals surface area contributed by atoms with Crippen LogP contribution in [0, 0.1) is 11.2 Å². The number of hydrogen-bond acceptors (Lipinski definition) is 3. The first-order valence-corrected chi connectivity index (χ1v) is 9.35. The van der Waals surface area contributed by atoms with Crippen molar-refractivity contribution in [2.75, 3.05) is 12.8 Å². The van der Waals surface area contributed by atoms with E-state index in [-0.39, 0.29) is 36.1 Å². The van der Waals surface area contributed by atoms with Gasteiger partial charge in [-0.1, -0.05) is 32.9 Å². The Morgan fingerprint density at radius 3 is 2.26 bits per heavy atom. The molecule has 0 spiro atoms. The zero-order valence-corrected chi connectivity index (χ0v) is 14.8. The monoisotopic (exact) mass is 344 g/mol. The van der Waals surface area contributed by atoms with Crippen molar-refractivity contribution in [3.05, 3.63) is 35.6 Å². The van der Waals surface area contributed by atoms with E-state index in [1.807, 2.05) is 0 Å². The standard InChI is InChI=1S/C16H25FN2O3S/c1-16(2,3)11-14(12-5-7-13(17)8-6-12)19-15(20)9-10-18-23(4,21)22/h5-8,14,18H,9-11H2,1-4H3,(H,19,20)/t14-/m0/s1. The van der Waals surface area contributed by atoms with Crippen molar-refractivity contribution in [3.8, 4) is 0 Å². The van der Waals surface area contributed by atoms with Gasteiger partial charge < -0.3 is 5.32 Å². The van der Waals surface area contributed by atoms with Crippen LogP contribution in [-0.4, -0.2) is 27.1 Å². The summed E-state index contributed by atoms with van der Waals surface area (Å²) in [4.78, 5) is 12.0. The minimum atomic E-state index is -3.31. The van der Waals surface area contributed by atoms with Crippen LogP contribution in [0.5, 0.6) is 0 Å². The van der Waals surface area contributed by atoms with Crippen molar-refractivity contribution in [1.82, 2.24) is 10.0 Å². The smallest absolute Gasteiger partial charge is 0.221 e. The van der Waals surface area contributed by atoms with E-state index in [2.05, 4.69) is 30.8 Å². The molecule has 0 saturated carbocycles. The summed E-state index contributed by atoms with van der Waals surface area (Å²) in [7, 11) is -3.31. The minimum absolute atomic E-state index is 0.0304. The molecule has 0 heterocycles. The van der Waals surface area contributed by atoms with Crippen LogP contribution in [0.1, 0.15) is 45.2 Å². The third kappa shape index (κ3) is 8.66. The molecule has 5 nitrogen and oxygen atoms in total. The third-order valence-electron chi connectivity index (χ3n) is 3.14. The van der Waals surface area contributed by atoms with Crippen LogP contribution in [0.4, 0.5) is 4.39 Å². The van der Waals surface area contributed by atoms with Gasteiger partial charge in [0, 0.05) is 13.0 Å². The Morgan fingerprint density at radius 1 is 1.22 bits per heavy atom. The first-order chi connectivity index (χ1) is 10.5. The van der Waals surface area contributed by atoms with E-state index in [0.29, 0.717) is 6.42 Å². The highest BCUT2D eigenvalue weighted by Crippen LogP contribution is 2.29.